The highest BCUT2D eigenvalue weighted by Gasteiger charge is 2.31. The minimum Gasteiger partial charge on any atom is -0.368 e. The number of piperidine rings is 1. The predicted octanol–water partition coefficient (Wildman–Crippen LogP) is 1.65. The van der Waals surface area contributed by atoms with Gasteiger partial charge in [-0.05, 0) is 37.5 Å². The molecule has 1 fully saturated rings. The number of hydrogen-bond donors (Lipinski definition) is 2. The minimum atomic E-state index is -0.481. The second-order valence-corrected chi connectivity index (χ2v) is 5.16. The summed E-state index contributed by atoms with van der Waals surface area (Å²) in [7, 11) is 0. The van der Waals surface area contributed by atoms with Gasteiger partial charge in [0.1, 0.15) is 6.04 Å². The summed E-state index contributed by atoms with van der Waals surface area (Å²) < 4.78 is 0. The second-order valence-electron chi connectivity index (χ2n) is 5.16. The maximum Gasteiger partial charge on any atom is 0.255 e. The zero-order valence-corrected chi connectivity index (χ0v) is 11.1. The molecule has 0 spiro atoms. The Morgan fingerprint density at radius 2 is 2.10 bits per heavy atom. The summed E-state index contributed by atoms with van der Waals surface area (Å²) in [5.41, 5.74) is 6.97. The molecule has 104 valence electrons. The number of primary amides is 1. The molecule has 1 saturated heterocycles. The van der Waals surface area contributed by atoms with E-state index in [4.69, 9.17) is 5.73 Å². The van der Waals surface area contributed by atoms with Gasteiger partial charge in [0.15, 0.2) is 0 Å². The van der Waals surface area contributed by atoms with E-state index in [2.05, 4.69) is 4.98 Å². The van der Waals surface area contributed by atoms with Crippen LogP contribution in [0.25, 0.3) is 10.9 Å². The number of H-pyrrole nitrogens is 1. The van der Waals surface area contributed by atoms with Crippen molar-refractivity contribution in [3.8, 4) is 0 Å². The second kappa shape index (κ2) is 5.00. The summed E-state index contributed by atoms with van der Waals surface area (Å²) in [6.07, 6.45) is 4.32. The Morgan fingerprint density at radius 1 is 1.25 bits per heavy atom. The largest absolute Gasteiger partial charge is 0.368 e. The highest BCUT2D eigenvalue weighted by molar-refractivity contribution is 6.07. The number of fused-ring (bicyclic) bond motifs is 1. The number of aromatic nitrogens is 1. The van der Waals surface area contributed by atoms with E-state index in [0.717, 1.165) is 23.7 Å². The van der Waals surface area contributed by atoms with Crippen LogP contribution in [0, 0.1) is 0 Å². The van der Waals surface area contributed by atoms with E-state index in [1.807, 2.05) is 24.4 Å². The number of aromatic amines is 1. The molecule has 1 aromatic carbocycles. The van der Waals surface area contributed by atoms with Gasteiger partial charge in [0.25, 0.3) is 5.91 Å². The smallest absolute Gasteiger partial charge is 0.255 e. The van der Waals surface area contributed by atoms with Crippen LogP contribution in [0.5, 0.6) is 0 Å². The summed E-state index contributed by atoms with van der Waals surface area (Å²) in [5.74, 6) is -0.530. The molecule has 1 aliphatic heterocycles. The summed E-state index contributed by atoms with van der Waals surface area (Å²) in [4.78, 5) is 29.0. The van der Waals surface area contributed by atoms with E-state index >= 15 is 0 Å². The topological polar surface area (TPSA) is 79.2 Å². The quantitative estimate of drug-likeness (QED) is 0.871. The Bertz CT molecular complexity index is 662. The predicted molar refractivity (Wildman–Crippen MR) is 76.2 cm³/mol. The van der Waals surface area contributed by atoms with Crippen molar-refractivity contribution in [2.75, 3.05) is 6.54 Å². The molecule has 2 aromatic rings. The Kier molecular flexibility index (Phi) is 3.18. The lowest BCUT2D eigenvalue weighted by Gasteiger charge is -2.33. The fraction of sp³-hybridized carbons (Fsp3) is 0.333. The lowest BCUT2D eigenvalue weighted by Crippen LogP contribution is -2.50. The van der Waals surface area contributed by atoms with E-state index in [-0.39, 0.29) is 5.91 Å². The number of rotatable bonds is 2. The first kappa shape index (κ1) is 12.7. The van der Waals surface area contributed by atoms with Crippen molar-refractivity contribution in [1.29, 1.82) is 0 Å². The standard InChI is InChI=1S/C15H17N3O2/c16-14(19)13-6-1-2-9-18(13)15(20)11-4-3-5-12-10(11)7-8-17-12/h3-5,7-8,13,17H,1-2,6,9H2,(H2,16,19). The van der Waals surface area contributed by atoms with Crippen LogP contribution in [0.1, 0.15) is 29.6 Å². The molecule has 1 unspecified atom stereocenters. The fourth-order valence-corrected chi connectivity index (χ4v) is 2.90. The molecule has 0 aliphatic carbocycles. The van der Waals surface area contributed by atoms with Crippen LogP contribution in [-0.2, 0) is 4.79 Å². The fourth-order valence-electron chi connectivity index (χ4n) is 2.90. The van der Waals surface area contributed by atoms with Gasteiger partial charge < -0.3 is 15.6 Å². The third kappa shape index (κ3) is 2.05. The normalized spacial score (nSPS) is 19.2. The maximum absolute atomic E-state index is 12.7. The lowest BCUT2D eigenvalue weighted by atomic mass is 9.99. The van der Waals surface area contributed by atoms with Gasteiger partial charge in [-0.1, -0.05) is 6.07 Å². The van der Waals surface area contributed by atoms with Crippen molar-refractivity contribution < 1.29 is 9.59 Å². The molecular weight excluding hydrogens is 254 g/mol. The molecule has 3 N–H and O–H groups in total. The molecule has 1 atom stereocenters. The number of nitrogens with one attached hydrogen (secondary N) is 1. The van der Waals surface area contributed by atoms with Crippen LogP contribution in [0.15, 0.2) is 30.5 Å². The molecule has 0 radical (unpaired) electrons. The number of nitrogens with zero attached hydrogens (tertiary/aromatic N) is 1. The zero-order valence-electron chi connectivity index (χ0n) is 11.1. The van der Waals surface area contributed by atoms with Gasteiger partial charge in [-0.3, -0.25) is 9.59 Å². The van der Waals surface area contributed by atoms with Crippen molar-refractivity contribution in [2.24, 2.45) is 5.73 Å². The molecule has 0 bridgehead atoms. The highest BCUT2D eigenvalue weighted by Crippen LogP contribution is 2.23. The Morgan fingerprint density at radius 3 is 2.90 bits per heavy atom. The van der Waals surface area contributed by atoms with Crippen molar-refractivity contribution in [2.45, 2.75) is 25.3 Å². The van der Waals surface area contributed by atoms with Crippen LogP contribution in [-0.4, -0.2) is 34.3 Å². The summed E-state index contributed by atoms with van der Waals surface area (Å²) in [6.45, 7) is 0.591. The molecule has 20 heavy (non-hydrogen) atoms. The molecule has 0 saturated carbocycles. The SMILES string of the molecule is NC(=O)C1CCCCN1C(=O)c1cccc2[nH]ccc12. The highest BCUT2D eigenvalue weighted by atomic mass is 16.2. The first-order chi connectivity index (χ1) is 9.68. The first-order valence-electron chi connectivity index (χ1n) is 6.85. The first-order valence-corrected chi connectivity index (χ1v) is 6.85. The number of nitrogens with two attached hydrogens (primary N) is 1. The number of likely N-dealkylation sites (tertiary alicyclic amines) is 1. The van der Waals surface area contributed by atoms with Crippen molar-refractivity contribution in [3.63, 3.8) is 0 Å². The zero-order chi connectivity index (χ0) is 14.1. The van der Waals surface area contributed by atoms with Gasteiger partial charge >= 0.3 is 0 Å². The van der Waals surface area contributed by atoms with E-state index in [1.165, 1.54) is 0 Å². The van der Waals surface area contributed by atoms with Crippen LogP contribution in [0.2, 0.25) is 0 Å². The van der Waals surface area contributed by atoms with E-state index in [1.54, 1.807) is 11.0 Å². The number of benzene rings is 1. The Labute approximate surface area is 116 Å². The van der Waals surface area contributed by atoms with Crippen molar-refractivity contribution >= 4 is 22.7 Å². The van der Waals surface area contributed by atoms with Gasteiger partial charge in [-0.2, -0.15) is 0 Å². The van der Waals surface area contributed by atoms with Crippen LogP contribution in [0.4, 0.5) is 0 Å². The van der Waals surface area contributed by atoms with Crippen molar-refractivity contribution in [3.05, 3.63) is 36.0 Å². The average molecular weight is 271 g/mol. The Balaban J connectivity index is 1.98. The number of hydrogen-bond acceptors (Lipinski definition) is 2. The summed E-state index contributed by atoms with van der Waals surface area (Å²) >= 11 is 0. The maximum atomic E-state index is 12.7. The molecular formula is C15H17N3O2. The molecule has 1 aromatic heterocycles. The van der Waals surface area contributed by atoms with Gasteiger partial charge in [0.2, 0.25) is 5.91 Å². The molecule has 3 rings (SSSR count). The summed E-state index contributed by atoms with van der Waals surface area (Å²) in [5, 5.41) is 0.881. The molecule has 2 heterocycles. The number of carbonyl (C=O) groups is 2. The third-order valence-electron chi connectivity index (χ3n) is 3.92. The Hall–Kier alpha value is -2.30. The van der Waals surface area contributed by atoms with Crippen LogP contribution >= 0.6 is 0 Å². The van der Waals surface area contributed by atoms with Crippen LogP contribution in [0.3, 0.4) is 0 Å². The third-order valence-corrected chi connectivity index (χ3v) is 3.92. The van der Waals surface area contributed by atoms with E-state index < -0.39 is 11.9 Å². The van der Waals surface area contributed by atoms with E-state index in [0.29, 0.717) is 18.5 Å². The number of amides is 2. The van der Waals surface area contributed by atoms with Gasteiger partial charge in [-0.25, -0.2) is 0 Å². The minimum absolute atomic E-state index is 0.112. The summed E-state index contributed by atoms with van der Waals surface area (Å²) in [6, 6.07) is 6.96. The molecule has 5 heteroatoms. The van der Waals surface area contributed by atoms with Gasteiger partial charge in [0, 0.05) is 29.2 Å². The van der Waals surface area contributed by atoms with Gasteiger partial charge in [-0.15, -0.1) is 0 Å². The monoisotopic (exact) mass is 271 g/mol. The van der Waals surface area contributed by atoms with E-state index in [9.17, 15) is 9.59 Å². The van der Waals surface area contributed by atoms with Gasteiger partial charge in [0.05, 0.1) is 0 Å². The van der Waals surface area contributed by atoms with Crippen LogP contribution < -0.4 is 5.73 Å². The average Bonchev–Trinajstić information content (AvgIpc) is 2.94. The lowest BCUT2D eigenvalue weighted by molar-refractivity contribution is -0.123. The molecule has 1 aliphatic rings. The molecule has 5 nitrogen and oxygen atoms in total. The number of carbonyl (C=O) groups excluding carboxylic acids is 2. The molecule has 2 amide bonds. The van der Waals surface area contributed by atoms with Crippen molar-refractivity contribution in [1.82, 2.24) is 9.88 Å².